The lowest BCUT2D eigenvalue weighted by molar-refractivity contribution is -0.118. The number of benzene rings is 1. The highest BCUT2D eigenvalue weighted by Crippen LogP contribution is 2.23. The highest BCUT2D eigenvalue weighted by Gasteiger charge is 2.16. The van der Waals surface area contributed by atoms with Gasteiger partial charge in [-0.15, -0.1) is 0 Å². The molecule has 0 spiro atoms. The van der Waals surface area contributed by atoms with Gasteiger partial charge in [-0.1, -0.05) is 0 Å². The Morgan fingerprint density at radius 1 is 1.14 bits per heavy atom. The topological polar surface area (TPSA) is 69.8 Å². The summed E-state index contributed by atoms with van der Waals surface area (Å²) < 4.78 is 30.5. The molecular formula is C20H16F2N4O2. The molecule has 0 unspecified atom stereocenters. The minimum absolute atomic E-state index is 0.0129. The zero-order chi connectivity index (χ0) is 19.8. The van der Waals surface area contributed by atoms with Crippen molar-refractivity contribution in [2.45, 2.75) is 19.4 Å². The van der Waals surface area contributed by atoms with Crippen LogP contribution in [-0.4, -0.2) is 25.1 Å². The van der Waals surface area contributed by atoms with Crippen molar-refractivity contribution in [3.05, 3.63) is 70.4 Å². The lowest BCUT2D eigenvalue weighted by Gasteiger charge is -2.12. The lowest BCUT2D eigenvalue weighted by atomic mass is 10.1. The maximum Gasteiger partial charge on any atom is 0.262 e. The van der Waals surface area contributed by atoms with Gasteiger partial charge in [0.25, 0.3) is 5.56 Å². The zero-order valence-electron chi connectivity index (χ0n) is 15.0. The van der Waals surface area contributed by atoms with Crippen molar-refractivity contribution < 1.29 is 13.6 Å². The van der Waals surface area contributed by atoms with Crippen LogP contribution in [0.1, 0.15) is 12.0 Å². The molecule has 0 amide bonds. The van der Waals surface area contributed by atoms with Gasteiger partial charge in [0.15, 0.2) is 0 Å². The third-order valence-electron chi connectivity index (χ3n) is 4.78. The van der Waals surface area contributed by atoms with Gasteiger partial charge in [-0.25, -0.2) is 8.78 Å². The van der Waals surface area contributed by atoms with E-state index >= 15 is 0 Å². The Balaban J connectivity index is 1.71. The molecule has 142 valence electrons. The van der Waals surface area contributed by atoms with Gasteiger partial charge in [0, 0.05) is 38.0 Å². The van der Waals surface area contributed by atoms with Gasteiger partial charge >= 0.3 is 0 Å². The van der Waals surface area contributed by atoms with E-state index in [1.807, 2.05) is 0 Å². The normalized spacial score (nSPS) is 11.4. The summed E-state index contributed by atoms with van der Waals surface area (Å²) in [6.45, 7) is 0.0646. The molecule has 8 heteroatoms. The first-order valence-corrected chi connectivity index (χ1v) is 8.69. The van der Waals surface area contributed by atoms with Crippen LogP contribution in [0.4, 0.5) is 8.78 Å². The van der Waals surface area contributed by atoms with E-state index in [2.05, 4.69) is 10.1 Å². The van der Waals surface area contributed by atoms with E-state index < -0.39 is 11.6 Å². The number of aryl methyl sites for hydroxylation is 2. The first-order chi connectivity index (χ1) is 13.5. The second-order valence-electron chi connectivity index (χ2n) is 6.58. The minimum atomic E-state index is -0.544. The van der Waals surface area contributed by atoms with E-state index in [0.717, 1.165) is 6.20 Å². The third-order valence-corrected chi connectivity index (χ3v) is 4.78. The number of pyridine rings is 2. The minimum Gasteiger partial charge on any atom is -0.307 e. The van der Waals surface area contributed by atoms with Crippen molar-refractivity contribution in [3.63, 3.8) is 0 Å². The maximum absolute atomic E-state index is 13.9. The van der Waals surface area contributed by atoms with E-state index in [4.69, 9.17) is 0 Å². The quantitative estimate of drug-likeness (QED) is 0.532. The molecule has 0 saturated heterocycles. The number of carbonyl (C=O) groups is 1. The van der Waals surface area contributed by atoms with E-state index in [-0.39, 0.29) is 36.3 Å². The van der Waals surface area contributed by atoms with E-state index in [1.54, 1.807) is 17.8 Å². The number of nitrogens with zero attached hydrogens (tertiary/aromatic N) is 4. The summed E-state index contributed by atoms with van der Waals surface area (Å²) in [6.07, 6.45) is 3.86. The Kier molecular flexibility index (Phi) is 4.46. The van der Waals surface area contributed by atoms with Gasteiger partial charge in [-0.3, -0.25) is 19.3 Å². The van der Waals surface area contributed by atoms with Crippen molar-refractivity contribution in [2.24, 2.45) is 7.05 Å². The molecule has 0 aliphatic carbocycles. The number of hydrogen-bond acceptors (Lipinski definition) is 4. The van der Waals surface area contributed by atoms with Crippen molar-refractivity contribution in [2.75, 3.05) is 0 Å². The summed E-state index contributed by atoms with van der Waals surface area (Å²) in [5.74, 6) is -1.25. The second kappa shape index (κ2) is 6.95. The number of ketones is 1. The molecule has 1 aromatic carbocycles. The second-order valence-corrected chi connectivity index (χ2v) is 6.58. The molecule has 0 aliphatic heterocycles. The Morgan fingerprint density at radius 3 is 2.75 bits per heavy atom. The number of rotatable bonds is 5. The maximum atomic E-state index is 13.9. The third kappa shape index (κ3) is 3.06. The largest absolute Gasteiger partial charge is 0.307 e. The Labute approximate surface area is 158 Å². The molecule has 0 fully saturated rings. The van der Waals surface area contributed by atoms with Gasteiger partial charge < -0.3 is 4.57 Å². The lowest BCUT2D eigenvalue weighted by Crippen LogP contribution is -2.23. The summed E-state index contributed by atoms with van der Waals surface area (Å²) in [5, 5.41) is 5.19. The summed E-state index contributed by atoms with van der Waals surface area (Å²) in [6, 6.07) is 5.64. The van der Waals surface area contributed by atoms with Crippen LogP contribution < -0.4 is 5.56 Å². The number of hydrogen-bond donors (Lipinski definition) is 0. The summed E-state index contributed by atoms with van der Waals surface area (Å²) >= 11 is 0. The number of halogens is 2. The van der Waals surface area contributed by atoms with Crippen LogP contribution >= 0.6 is 0 Å². The van der Waals surface area contributed by atoms with E-state index in [9.17, 15) is 18.4 Å². The monoisotopic (exact) mass is 382 g/mol. The molecule has 3 aromatic heterocycles. The SMILES string of the molecule is Cn1ncc2c(=O)n(CCC(=O)Cc3ccncc3F)c3cc(F)ccc3c21. The van der Waals surface area contributed by atoms with E-state index in [1.165, 1.54) is 35.2 Å². The fourth-order valence-corrected chi connectivity index (χ4v) is 3.40. The van der Waals surface area contributed by atoms with Crippen LogP contribution in [0.15, 0.2) is 47.7 Å². The Morgan fingerprint density at radius 2 is 1.96 bits per heavy atom. The molecule has 6 nitrogen and oxygen atoms in total. The molecule has 28 heavy (non-hydrogen) atoms. The van der Waals surface area contributed by atoms with Gasteiger partial charge in [-0.05, 0) is 29.8 Å². The van der Waals surface area contributed by atoms with Crippen molar-refractivity contribution in [1.82, 2.24) is 19.3 Å². The average Bonchev–Trinajstić information content (AvgIpc) is 3.05. The summed E-state index contributed by atoms with van der Waals surface area (Å²) in [4.78, 5) is 28.9. The smallest absolute Gasteiger partial charge is 0.262 e. The first-order valence-electron chi connectivity index (χ1n) is 8.69. The molecule has 4 rings (SSSR count). The number of carbonyl (C=O) groups excluding carboxylic acids is 1. The number of aromatic nitrogens is 4. The molecule has 0 aliphatic rings. The van der Waals surface area contributed by atoms with E-state index in [0.29, 0.717) is 21.8 Å². The van der Waals surface area contributed by atoms with Gasteiger partial charge in [0.2, 0.25) is 0 Å². The molecule has 0 saturated carbocycles. The van der Waals surface area contributed by atoms with Crippen molar-refractivity contribution >= 4 is 27.6 Å². The number of Topliss-reactive ketones (excluding diaryl/α,β-unsaturated/α-hetero) is 1. The predicted octanol–water partition coefficient (Wildman–Crippen LogP) is 2.76. The first kappa shape index (κ1) is 18.0. The molecule has 3 heterocycles. The fourth-order valence-electron chi connectivity index (χ4n) is 3.40. The average molecular weight is 382 g/mol. The summed E-state index contributed by atoms with van der Waals surface area (Å²) in [5.41, 5.74) is 0.917. The predicted molar refractivity (Wildman–Crippen MR) is 100.0 cm³/mol. The highest BCUT2D eigenvalue weighted by molar-refractivity contribution is 6.03. The van der Waals surface area contributed by atoms with Gasteiger partial charge in [-0.2, -0.15) is 5.10 Å². The standard InChI is InChI=1S/C20H16F2N4O2/c1-25-19-15-3-2-13(21)9-18(15)26(20(28)16(19)10-24-25)7-5-14(27)8-12-4-6-23-11-17(12)22/h2-4,6,9-11H,5,7-8H2,1H3. The molecule has 0 atom stereocenters. The highest BCUT2D eigenvalue weighted by atomic mass is 19.1. The van der Waals surface area contributed by atoms with Crippen LogP contribution in [0.3, 0.4) is 0 Å². The van der Waals surface area contributed by atoms with Crippen LogP contribution in [-0.2, 0) is 24.8 Å². The number of fused-ring (bicyclic) bond motifs is 3. The zero-order valence-corrected chi connectivity index (χ0v) is 15.0. The molecule has 0 radical (unpaired) electrons. The van der Waals surface area contributed by atoms with Crippen LogP contribution in [0.2, 0.25) is 0 Å². The van der Waals surface area contributed by atoms with Gasteiger partial charge in [0.05, 0.1) is 28.8 Å². The van der Waals surface area contributed by atoms with Crippen LogP contribution in [0.5, 0.6) is 0 Å². The molecule has 4 aromatic rings. The Bertz CT molecular complexity index is 1280. The molecular weight excluding hydrogens is 366 g/mol. The molecule has 0 N–H and O–H groups in total. The fraction of sp³-hybridized carbons (Fsp3) is 0.200. The molecule has 0 bridgehead atoms. The van der Waals surface area contributed by atoms with Crippen LogP contribution in [0, 0.1) is 11.6 Å². The van der Waals surface area contributed by atoms with Crippen molar-refractivity contribution in [1.29, 1.82) is 0 Å². The van der Waals surface area contributed by atoms with Gasteiger partial charge in [0.1, 0.15) is 17.4 Å². The summed E-state index contributed by atoms with van der Waals surface area (Å²) in [7, 11) is 1.71. The van der Waals surface area contributed by atoms with Crippen LogP contribution in [0.25, 0.3) is 21.8 Å². The Hall–Kier alpha value is -3.42. The van der Waals surface area contributed by atoms with Crippen molar-refractivity contribution in [3.8, 4) is 0 Å².